The van der Waals surface area contributed by atoms with Crippen LogP contribution in [0.4, 0.5) is 13.2 Å². The van der Waals surface area contributed by atoms with E-state index in [0.29, 0.717) is 21.2 Å². The number of thiazole rings is 1. The van der Waals surface area contributed by atoms with Gasteiger partial charge in [0.15, 0.2) is 0 Å². The maximum Gasteiger partial charge on any atom is 0.416 e. The van der Waals surface area contributed by atoms with Gasteiger partial charge in [0.25, 0.3) is 0 Å². The van der Waals surface area contributed by atoms with Gasteiger partial charge in [0.2, 0.25) is 0 Å². The summed E-state index contributed by atoms with van der Waals surface area (Å²) in [6.45, 7) is 0. The number of nitriles is 1. The zero-order valence-electron chi connectivity index (χ0n) is 15.4. The fraction of sp³-hybridized carbons (Fsp3) is 0.0435. The van der Waals surface area contributed by atoms with Gasteiger partial charge in [-0.3, -0.25) is 0 Å². The minimum Gasteiger partial charge on any atom is -0.457 e. The smallest absolute Gasteiger partial charge is 0.416 e. The second-order valence-corrected chi connectivity index (χ2v) is 7.39. The van der Waals surface area contributed by atoms with Crippen LogP contribution in [-0.4, -0.2) is 4.98 Å². The summed E-state index contributed by atoms with van der Waals surface area (Å²) in [6, 6.07) is 22.0. The van der Waals surface area contributed by atoms with Gasteiger partial charge < -0.3 is 4.74 Å². The first-order valence-corrected chi connectivity index (χ1v) is 9.67. The first kappa shape index (κ1) is 19.7. The van der Waals surface area contributed by atoms with Gasteiger partial charge in [0, 0.05) is 0 Å². The first-order chi connectivity index (χ1) is 14.4. The topological polar surface area (TPSA) is 45.9 Å². The molecule has 0 radical (unpaired) electrons. The zero-order chi connectivity index (χ0) is 21.1. The van der Waals surface area contributed by atoms with Gasteiger partial charge in [-0.15, -0.1) is 11.3 Å². The Morgan fingerprint density at radius 1 is 0.967 bits per heavy atom. The van der Waals surface area contributed by atoms with E-state index >= 15 is 0 Å². The SMILES string of the molecule is N#CC(=Cc1cccc(Oc2ccccc2)c1)c1nc2cc(C(F)(F)F)ccc2s1. The van der Waals surface area contributed by atoms with Crippen LogP contribution in [0.1, 0.15) is 16.1 Å². The molecule has 0 aliphatic carbocycles. The van der Waals surface area contributed by atoms with Crippen LogP contribution in [0.2, 0.25) is 0 Å². The van der Waals surface area contributed by atoms with Crippen LogP contribution < -0.4 is 4.74 Å². The van der Waals surface area contributed by atoms with E-state index in [1.165, 1.54) is 17.4 Å². The second kappa shape index (κ2) is 8.01. The molecule has 0 spiro atoms. The molecule has 1 aromatic heterocycles. The number of fused-ring (bicyclic) bond motifs is 1. The number of rotatable bonds is 4. The first-order valence-electron chi connectivity index (χ1n) is 8.85. The lowest BCUT2D eigenvalue weighted by atomic mass is 10.1. The van der Waals surface area contributed by atoms with Crippen molar-refractivity contribution in [1.82, 2.24) is 4.98 Å². The molecule has 3 nitrogen and oxygen atoms in total. The van der Waals surface area contributed by atoms with Crippen molar-refractivity contribution in [3.05, 3.63) is 88.9 Å². The molecule has 0 fully saturated rings. The number of ether oxygens (including phenoxy) is 1. The summed E-state index contributed by atoms with van der Waals surface area (Å²) in [5, 5.41) is 9.95. The molecule has 1 heterocycles. The number of hydrogen-bond donors (Lipinski definition) is 0. The van der Waals surface area contributed by atoms with Crippen molar-refractivity contribution in [2.24, 2.45) is 0 Å². The van der Waals surface area contributed by atoms with Crippen LogP contribution in [0.25, 0.3) is 21.9 Å². The summed E-state index contributed by atoms with van der Waals surface area (Å²) in [4.78, 5) is 4.24. The number of halogens is 3. The lowest BCUT2D eigenvalue weighted by molar-refractivity contribution is -0.137. The summed E-state index contributed by atoms with van der Waals surface area (Å²) >= 11 is 1.17. The van der Waals surface area contributed by atoms with Crippen LogP contribution in [0.3, 0.4) is 0 Å². The van der Waals surface area contributed by atoms with Crippen molar-refractivity contribution in [2.75, 3.05) is 0 Å². The molecular formula is C23H13F3N2OS. The fourth-order valence-electron chi connectivity index (χ4n) is 2.82. The highest BCUT2D eigenvalue weighted by Gasteiger charge is 2.30. The van der Waals surface area contributed by atoms with E-state index in [-0.39, 0.29) is 11.1 Å². The van der Waals surface area contributed by atoms with Crippen molar-refractivity contribution in [3.63, 3.8) is 0 Å². The van der Waals surface area contributed by atoms with Gasteiger partial charge in [0.1, 0.15) is 22.6 Å². The van der Waals surface area contributed by atoms with Crippen LogP contribution in [0.15, 0.2) is 72.8 Å². The molecule has 0 N–H and O–H groups in total. The number of aromatic nitrogens is 1. The predicted octanol–water partition coefficient (Wildman–Crippen LogP) is 7.17. The number of para-hydroxylation sites is 1. The minimum atomic E-state index is -4.44. The Morgan fingerprint density at radius 3 is 2.47 bits per heavy atom. The number of nitrogens with zero attached hydrogens (tertiary/aromatic N) is 2. The summed E-state index contributed by atoms with van der Waals surface area (Å²) in [5.41, 5.74) is 0.434. The van der Waals surface area contributed by atoms with Gasteiger partial charge in [-0.1, -0.05) is 30.3 Å². The fourth-order valence-corrected chi connectivity index (χ4v) is 3.73. The van der Waals surface area contributed by atoms with Gasteiger partial charge in [-0.05, 0) is 54.1 Å². The van der Waals surface area contributed by atoms with E-state index in [0.717, 1.165) is 17.7 Å². The highest BCUT2D eigenvalue weighted by atomic mass is 32.1. The molecule has 0 amide bonds. The van der Waals surface area contributed by atoms with Crippen molar-refractivity contribution in [1.29, 1.82) is 5.26 Å². The number of benzene rings is 3. The number of alkyl halides is 3. The van der Waals surface area contributed by atoms with Gasteiger partial charge in [-0.2, -0.15) is 18.4 Å². The third kappa shape index (κ3) is 4.34. The molecule has 0 unspecified atom stereocenters. The highest BCUT2D eigenvalue weighted by molar-refractivity contribution is 7.19. The van der Waals surface area contributed by atoms with Crippen LogP contribution in [0.5, 0.6) is 11.5 Å². The van der Waals surface area contributed by atoms with E-state index in [2.05, 4.69) is 11.1 Å². The lowest BCUT2D eigenvalue weighted by Gasteiger charge is -2.06. The molecule has 148 valence electrons. The Hall–Kier alpha value is -3.63. The molecule has 0 bridgehead atoms. The van der Waals surface area contributed by atoms with Crippen LogP contribution in [-0.2, 0) is 6.18 Å². The van der Waals surface area contributed by atoms with E-state index in [9.17, 15) is 18.4 Å². The third-order valence-corrected chi connectivity index (χ3v) is 5.28. The molecule has 4 aromatic rings. The predicted molar refractivity (Wildman–Crippen MR) is 111 cm³/mol. The minimum absolute atomic E-state index is 0.215. The summed E-state index contributed by atoms with van der Waals surface area (Å²) in [5.74, 6) is 1.29. The van der Waals surface area contributed by atoms with Crippen molar-refractivity contribution < 1.29 is 17.9 Å². The average Bonchev–Trinajstić information content (AvgIpc) is 3.15. The molecule has 3 aromatic carbocycles. The maximum atomic E-state index is 12.9. The van der Waals surface area contributed by atoms with Crippen molar-refractivity contribution in [3.8, 4) is 17.6 Å². The Kier molecular flexibility index (Phi) is 5.25. The maximum absolute atomic E-state index is 12.9. The molecule has 0 atom stereocenters. The van der Waals surface area contributed by atoms with Gasteiger partial charge in [0.05, 0.1) is 21.4 Å². The molecule has 0 aliphatic rings. The molecule has 7 heteroatoms. The summed E-state index contributed by atoms with van der Waals surface area (Å²) in [6.07, 6.45) is -2.80. The average molecular weight is 422 g/mol. The van der Waals surface area contributed by atoms with E-state index in [1.54, 1.807) is 24.3 Å². The molecule has 4 rings (SSSR count). The second-order valence-electron chi connectivity index (χ2n) is 6.36. The zero-order valence-corrected chi connectivity index (χ0v) is 16.2. The normalized spacial score (nSPS) is 12.0. The summed E-state index contributed by atoms with van der Waals surface area (Å²) < 4.78 is 45.2. The standard InChI is InChI=1S/C23H13F3N2OS/c24-23(25,26)17-9-10-21-20(13-17)28-22(30-21)16(14-27)11-15-5-4-8-19(12-15)29-18-6-2-1-3-7-18/h1-13H. The van der Waals surface area contributed by atoms with Gasteiger partial charge in [-0.25, -0.2) is 4.98 Å². The van der Waals surface area contributed by atoms with E-state index in [1.807, 2.05) is 36.4 Å². The molecule has 0 saturated carbocycles. The Bertz CT molecular complexity index is 1270. The molecule has 30 heavy (non-hydrogen) atoms. The lowest BCUT2D eigenvalue weighted by Crippen LogP contribution is -2.03. The third-order valence-electron chi connectivity index (χ3n) is 4.21. The molecular weight excluding hydrogens is 409 g/mol. The Balaban J connectivity index is 1.65. The molecule has 0 saturated heterocycles. The quantitative estimate of drug-likeness (QED) is 0.328. The highest BCUT2D eigenvalue weighted by Crippen LogP contribution is 2.34. The van der Waals surface area contributed by atoms with Crippen molar-refractivity contribution in [2.45, 2.75) is 6.18 Å². The van der Waals surface area contributed by atoms with Gasteiger partial charge >= 0.3 is 6.18 Å². The van der Waals surface area contributed by atoms with Crippen molar-refractivity contribution >= 4 is 33.2 Å². The molecule has 0 aliphatic heterocycles. The van der Waals surface area contributed by atoms with E-state index in [4.69, 9.17) is 4.74 Å². The van der Waals surface area contributed by atoms with Crippen LogP contribution in [0, 0.1) is 11.3 Å². The largest absolute Gasteiger partial charge is 0.457 e. The number of allylic oxidation sites excluding steroid dienone is 1. The number of hydrogen-bond acceptors (Lipinski definition) is 4. The Labute approximate surface area is 174 Å². The van der Waals surface area contributed by atoms with Crippen LogP contribution >= 0.6 is 11.3 Å². The van der Waals surface area contributed by atoms with E-state index < -0.39 is 11.7 Å². The monoisotopic (exact) mass is 422 g/mol. The summed E-state index contributed by atoms with van der Waals surface area (Å²) in [7, 11) is 0. The Morgan fingerprint density at radius 2 is 1.73 bits per heavy atom.